The van der Waals surface area contributed by atoms with Gasteiger partial charge in [-0.1, -0.05) is 46.4 Å². The lowest BCUT2D eigenvalue weighted by Gasteiger charge is -2.20. The Bertz CT molecular complexity index is 3300. The lowest BCUT2D eigenvalue weighted by molar-refractivity contribution is 0.0540. The highest BCUT2D eigenvalue weighted by molar-refractivity contribution is 6.37. The summed E-state index contributed by atoms with van der Waals surface area (Å²) in [4.78, 5) is 60.6. The van der Waals surface area contributed by atoms with Crippen LogP contribution in [0.3, 0.4) is 0 Å². The Morgan fingerprint density at radius 3 is 1.49 bits per heavy atom. The molecule has 30 nitrogen and oxygen atoms in total. The number of H-pyrrole nitrogens is 1. The molecular weight excluding hydrogens is 1110 g/mol. The van der Waals surface area contributed by atoms with E-state index >= 15 is 0 Å². The number of hydrogen-bond acceptors (Lipinski definition) is 25. The van der Waals surface area contributed by atoms with Gasteiger partial charge >= 0.3 is 6.09 Å². The van der Waals surface area contributed by atoms with Crippen LogP contribution in [0.5, 0.6) is 0 Å². The number of alkyl halides is 3. The number of aromatic nitrogens is 18. The van der Waals surface area contributed by atoms with E-state index in [1.165, 1.54) is 0 Å². The SMILES string of the molecule is CC(C)(C)OC(=O)NNc1nc(N)nc2c1cnn2CCCl.NNc1nc(N)nc2c1cnn2CCCl.Nc1nc(Cl)c(C=O)c(Cl)n1.Nc1nc(Cl)c2cn[nH]c2n1.Nc1nc(Cl)c2cnn(CCCl)c2n1. The van der Waals surface area contributed by atoms with Gasteiger partial charge in [-0.05, 0) is 20.8 Å². The quantitative estimate of drug-likeness (QED) is 0.0296. The van der Waals surface area contributed by atoms with E-state index in [4.69, 9.17) is 120 Å². The summed E-state index contributed by atoms with van der Waals surface area (Å²) in [7, 11) is 0. The minimum absolute atomic E-state index is 0.0301. The molecule has 16 N–H and O–H groups in total. The number of halogens is 7. The van der Waals surface area contributed by atoms with Crippen molar-refractivity contribution >= 4 is 179 Å². The molecule has 9 rings (SSSR count). The number of carbonyl (C=O) groups excluding carboxylic acids is 2. The number of anilines is 7. The fraction of sp³-hybridized carbons (Fsp3) is 0.278. The fourth-order valence-corrected chi connectivity index (χ4v) is 6.99. The molecule has 0 atom stereocenters. The zero-order valence-electron chi connectivity index (χ0n) is 38.1. The zero-order valence-corrected chi connectivity index (χ0v) is 43.4. The van der Waals surface area contributed by atoms with Gasteiger partial charge in [-0.3, -0.25) is 15.3 Å². The molecular formula is C36H42Cl7N27O3. The monoisotopic (exact) mass is 1150 g/mol. The number of nitrogens with two attached hydrogens (primary N) is 6. The van der Waals surface area contributed by atoms with Gasteiger partial charge in [0, 0.05) is 17.6 Å². The molecule has 0 bridgehead atoms. The number of hydrazine groups is 2. The molecule has 0 aliphatic rings. The average Bonchev–Trinajstić information content (AvgIpc) is 4.14. The molecule has 0 radical (unpaired) electrons. The first kappa shape index (κ1) is 56.7. The summed E-state index contributed by atoms with van der Waals surface area (Å²) in [5.41, 5.74) is 36.5. The van der Waals surface area contributed by atoms with Crippen LogP contribution in [-0.4, -0.2) is 125 Å². The number of amides is 1. The van der Waals surface area contributed by atoms with Crippen molar-refractivity contribution in [1.82, 2.24) is 94.8 Å². The van der Waals surface area contributed by atoms with Crippen molar-refractivity contribution in [3.05, 3.63) is 51.0 Å². The molecule has 0 unspecified atom stereocenters. The van der Waals surface area contributed by atoms with Crippen molar-refractivity contribution in [2.45, 2.75) is 46.0 Å². The summed E-state index contributed by atoms with van der Waals surface area (Å²) in [6, 6.07) is 0. The lowest BCUT2D eigenvalue weighted by Crippen LogP contribution is -2.36. The molecule has 9 aromatic heterocycles. The van der Waals surface area contributed by atoms with Crippen molar-refractivity contribution in [2.75, 3.05) is 57.2 Å². The van der Waals surface area contributed by atoms with Crippen LogP contribution in [0.1, 0.15) is 31.1 Å². The molecule has 37 heteroatoms. The number of aldehydes is 1. The van der Waals surface area contributed by atoms with E-state index in [1.807, 2.05) is 0 Å². The Morgan fingerprint density at radius 2 is 1.01 bits per heavy atom. The van der Waals surface area contributed by atoms with Crippen molar-refractivity contribution in [1.29, 1.82) is 0 Å². The first-order chi connectivity index (χ1) is 34.7. The topological polar surface area (TPSA) is 447 Å². The number of rotatable bonds is 10. The first-order valence-corrected chi connectivity index (χ1v) is 23.4. The van der Waals surface area contributed by atoms with E-state index in [-0.39, 0.29) is 45.6 Å². The average molecular weight is 1150 g/mol. The Kier molecular flexibility index (Phi) is 20.2. The first-order valence-electron chi connectivity index (χ1n) is 20.3. The Morgan fingerprint density at radius 1 is 0.603 bits per heavy atom. The summed E-state index contributed by atoms with van der Waals surface area (Å²) in [5.74, 6) is 7.82. The predicted octanol–water partition coefficient (Wildman–Crippen LogP) is 4.50. The molecule has 73 heavy (non-hydrogen) atoms. The van der Waals surface area contributed by atoms with Crippen LogP contribution in [0, 0.1) is 0 Å². The van der Waals surface area contributed by atoms with Gasteiger partial charge in [-0.15, -0.1) is 34.8 Å². The highest BCUT2D eigenvalue weighted by Crippen LogP contribution is 2.24. The molecule has 0 fully saturated rings. The Labute approximate surface area is 445 Å². The number of nitrogen functional groups attached to an aromatic ring is 6. The van der Waals surface area contributed by atoms with Crippen LogP contribution < -0.4 is 50.8 Å². The summed E-state index contributed by atoms with van der Waals surface area (Å²) in [5, 5.41) is 22.0. The zero-order chi connectivity index (χ0) is 53.6. The molecule has 9 aromatic rings. The second kappa shape index (κ2) is 26.0. The summed E-state index contributed by atoms with van der Waals surface area (Å²) in [6.45, 7) is 6.92. The number of ether oxygens (including phenoxy) is 1. The van der Waals surface area contributed by atoms with E-state index in [2.05, 4.69) is 91.6 Å². The maximum absolute atomic E-state index is 11.7. The molecule has 9 heterocycles. The third kappa shape index (κ3) is 15.4. The smallest absolute Gasteiger partial charge is 0.426 e. The number of hydrogen-bond donors (Lipinski definition) is 10. The third-order valence-electron chi connectivity index (χ3n) is 8.47. The van der Waals surface area contributed by atoms with Gasteiger partial charge < -0.3 is 38.8 Å². The maximum atomic E-state index is 11.7. The number of fused-ring (bicyclic) bond motifs is 4. The molecule has 0 aliphatic carbocycles. The molecule has 0 saturated heterocycles. The van der Waals surface area contributed by atoms with E-state index in [0.717, 1.165) is 5.39 Å². The molecule has 1 amide bonds. The molecule has 0 aromatic carbocycles. The van der Waals surface area contributed by atoms with Crippen LogP contribution in [0.4, 0.5) is 46.2 Å². The van der Waals surface area contributed by atoms with E-state index in [1.54, 1.807) is 59.6 Å². The summed E-state index contributed by atoms with van der Waals surface area (Å²) >= 11 is 39.5. The van der Waals surface area contributed by atoms with E-state index in [9.17, 15) is 9.59 Å². The van der Waals surface area contributed by atoms with Crippen molar-refractivity contribution < 1.29 is 14.3 Å². The predicted molar refractivity (Wildman–Crippen MR) is 280 cm³/mol. The second-order valence-corrected chi connectivity index (χ2v) is 17.3. The standard InChI is InChI=1S/C12H18ClN7O2.C7H7Cl2N5.C7H10ClN7.C5H3Cl2N3O.C5H4ClN5/c1-12(2,3)22-11(21)19-18-8-7-6-15-20(5-4-13)9(7)17-10(14)16-8;8-1-2-14-6-4(3-11-14)5(9)12-7(10)13-6;8-1-2-15-6-4(3-11-15)5(14-10)12-7(9)13-6;6-3-2(1-11)4(7)10-5(8)9-3;6-3-2-1-8-11-4(2)10-5(7)9-3/h6H,4-5H2,1-3H3,(H,19,21)(H3,14,16,17,18);3H,1-2H2,(H2,10,12,13);3H,1-2,10H2,(H3,9,12,13,14);1H,(H2,8,9,10);1H,(H3,7,8,9,10,11). The number of carbonyl (C=O) groups is 2. The van der Waals surface area contributed by atoms with Crippen molar-refractivity contribution in [3.63, 3.8) is 0 Å². The minimum atomic E-state index is -0.633. The normalized spacial score (nSPS) is 10.8. The number of nitrogens with one attached hydrogen (secondary N) is 4. The summed E-state index contributed by atoms with van der Waals surface area (Å²) in [6.07, 6.45) is 6.19. The van der Waals surface area contributed by atoms with Crippen molar-refractivity contribution in [3.8, 4) is 0 Å². The van der Waals surface area contributed by atoms with E-state index in [0.29, 0.717) is 104 Å². The fourth-order valence-electron chi connectivity index (χ4n) is 5.58. The highest BCUT2D eigenvalue weighted by Gasteiger charge is 2.18. The third-order valence-corrected chi connectivity index (χ3v) is 10.1. The van der Waals surface area contributed by atoms with Gasteiger partial charge in [0.15, 0.2) is 40.5 Å². The van der Waals surface area contributed by atoms with Gasteiger partial charge in [0.25, 0.3) is 0 Å². The van der Waals surface area contributed by atoms with Crippen LogP contribution in [0.25, 0.3) is 44.1 Å². The number of aromatic amines is 1. The maximum Gasteiger partial charge on any atom is 0.426 e. The van der Waals surface area contributed by atoms with E-state index < -0.39 is 11.7 Å². The van der Waals surface area contributed by atoms with Gasteiger partial charge in [-0.2, -0.15) is 50.3 Å². The lowest BCUT2D eigenvalue weighted by atomic mass is 10.2. The number of aryl methyl sites for hydroxylation is 3. The summed E-state index contributed by atoms with van der Waals surface area (Å²) < 4.78 is 10.0. The molecule has 388 valence electrons. The van der Waals surface area contributed by atoms with Gasteiger partial charge in [0.1, 0.15) is 26.2 Å². The Hall–Kier alpha value is -7.19. The van der Waals surface area contributed by atoms with Crippen LogP contribution >= 0.6 is 81.2 Å². The second-order valence-electron chi connectivity index (χ2n) is 14.7. The van der Waals surface area contributed by atoms with Gasteiger partial charge in [-0.25, -0.2) is 50.0 Å². The van der Waals surface area contributed by atoms with Gasteiger partial charge in [0.05, 0.1) is 71.5 Å². The van der Waals surface area contributed by atoms with Crippen LogP contribution in [-0.2, 0) is 24.4 Å². The molecule has 0 aliphatic heterocycles. The van der Waals surface area contributed by atoms with Crippen LogP contribution in [0.15, 0.2) is 24.8 Å². The van der Waals surface area contributed by atoms with Gasteiger partial charge in [0.2, 0.25) is 29.7 Å². The highest BCUT2D eigenvalue weighted by atomic mass is 35.5. The largest absolute Gasteiger partial charge is 0.443 e. The molecule has 0 spiro atoms. The number of nitrogens with zero attached hydrogens (tertiary/aromatic N) is 17. The minimum Gasteiger partial charge on any atom is -0.443 e. The Balaban J connectivity index is 0.000000174. The van der Waals surface area contributed by atoms with Crippen molar-refractivity contribution in [2.24, 2.45) is 5.84 Å². The molecule has 0 saturated carbocycles. The van der Waals surface area contributed by atoms with Crippen LogP contribution in [0.2, 0.25) is 20.6 Å².